The Hall–Kier alpha value is -1.42. The van der Waals surface area contributed by atoms with Gasteiger partial charge in [-0.05, 0) is 12.1 Å². The lowest BCUT2D eigenvalue weighted by Crippen LogP contribution is -2.12. The van der Waals surface area contributed by atoms with Crippen LogP contribution in [0.3, 0.4) is 0 Å². The van der Waals surface area contributed by atoms with Gasteiger partial charge in [0.15, 0.2) is 11.6 Å². The van der Waals surface area contributed by atoms with Crippen molar-refractivity contribution < 1.29 is 13.5 Å². The van der Waals surface area contributed by atoms with Gasteiger partial charge in [0.05, 0.1) is 13.2 Å². The van der Waals surface area contributed by atoms with Crippen molar-refractivity contribution in [1.29, 1.82) is 0 Å². The first-order chi connectivity index (χ1) is 6.61. The number of rotatable bonds is 3. The van der Waals surface area contributed by atoms with Gasteiger partial charge in [-0.1, -0.05) is 6.08 Å². The van der Waals surface area contributed by atoms with Crippen molar-refractivity contribution in [3.05, 3.63) is 42.0 Å². The first kappa shape index (κ1) is 10.7. The predicted octanol–water partition coefficient (Wildman–Crippen LogP) is 2.16. The van der Waals surface area contributed by atoms with Gasteiger partial charge < -0.3 is 10.5 Å². The average Bonchev–Trinajstić information content (AvgIpc) is 2.18. The van der Waals surface area contributed by atoms with Crippen LogP contribution in [0.2, 0.25) is 0 Å². The van der Waals surface area contributed by atoms with Gasteiger partial charge in [-0.25, -0.2) is 8.78 Å². The molecular weight excluding hydrogens is 188 g/mol. The number of hydrogen-bond donors (Lipinski definition) is 1. The maximum absolute atomic E-state index is 13.5. The van der Waals surface area contributed by atoms with Crippen LogP contribution in [0, 0.1) is 11.6 Å². The number of ether oxygens (including phenoxy) is 1. The van der Waals surface area contributed by atoms with Crippen LogP contribution in [0.4, 0.5) is 8.78 Å². The second kappa shape index (κ2) is 4.19. The first-order valence-electron chi connectivity index (χ1n) is 4.01. The summed E-state index contributed by atoms with van der Waals surface area (Å²) in [5, 5.41) is 0. The Balaban J connectivity index is 3.31. The zero-order chi connectivity index (χ0) is 10.7. The molecule has 0 saturated heterocycles. The SMILES string of the molecule is C=C[C@@H](N)c1c(F)ccc(OC)c1F. The number of methoxy groups -OCH3 is 1. The Labute approximate surface area is 81.0 Å². The molecule has 1 aromatic carbocycles. The molecule has 0 bridgehead atoms. The Morgan fingerprint density at radius 3 is 2.64 bits per heavy atom. The third kappa shape index (κ3) is 1.75. The lowest BCUT2D eigenvalue weighted by atomic mass is 10.1. The summed E-state index contributed by atoms with van der Waals surface area (Å²) in [7, 11) is 1.31. The van der Waals surface area contributed by atoms with Crippen molar-refractivity contribution in [1.82, 2.24) is 0 Å². The molecule has 0 fully saturated rings. The summed E-state index contributed by atoms with van der Waals surface area (Å²) in [6.45, 7) is 3.38. The quantitative estimate of drug-likeness (QED) is 0.757. The number of nitrogens with two attached hydrogens (primary N) is 1. The monoisotopic (exact) mass is 199 g/mol. The fourth-order valence-electron chi connectivity index (χ4n) is 1.13. The summed E-state index contributed by atoms with van der Waals surface area (Å²) >= 11 is 0. The zero-order valence-corrected chi connectivity index (χ0v) is 7.76. The molecule has 14 heavy (non-hydrogen) atoms. The van der Waals surface area contributed by atoms with Gasteiger partial charge in [-0.3, -0.25) is 0 Å². The van der Waals surface area contributed by atoms with Crippen molar-refractivity contribution in [2.45, 2.75) is 6.04 Å². The Kier molecular flexibility index (Phi) is 3.19. The van der Waals surface area contributed by atoms with E-state index < -0.39 is 17.7 Å². The summed E-state index contributed by atoms with van der Waals surface area (Å²) in [6, 6.07) is 1.45. The van der Waals surface area contributed by atoms with E-state index in [-0.39, 0.29) is 11.3 Å². The molecule has 1 atom stereocenters. The lowest BCUT2D eigenvalue weighted by Gasteiger charge is -2.11. The highest BCUT2D eigenvalue weighted by Gasteiger charge is 2.17. The van der Waals surface area contributed by atoms with Crippen LogP contribution in [0.1, 0.15) is 11.6 Å². The van der Waals surface area contributed by atoms with Crippen LogP contribution in [-0.4, -0.2) is 7.11 Å². The zero-order valence-electron chi connectivity index (χ0n) is 7.76. The molecule has 0 aliphatic rings. The van der Waals surface area contributed by atoms with E-state index in [1.807, 2.05) is 0 Å². The number of benzene rings is 1. The molecule has 4 heteroatoms. The summed E-state index contributed by atoms with van der Waals surface area (Å²) in [6.07, 6.45) is 1.26. The van der Waals surface area contributed by atoms with E-state index in [9.17, 15) is 8.78 Å². The van der Waals surface area contributed by atoms with Crippen molar-refractivity contribution in [2.75, 3.05) is 7.11 Å². The molecule has 0 aliphatic carbocycles. The van der Waals surface area contributed by atoms with Crippen molar-refractivity contribution >= 4 is 0 Å². The minimum Gasteiger partial charge on any atom is -0.494 e. The van der Waals surface area contributed by atoms with Crippen LogP contribution in [-0.2, 0) is 0 Å². The number of halogens is 2. The van der Waals surface area contributed by atoms with E-state index in [0.29, 0.717) is 0 Å². The molecule has 0 radical (unpaired) electrons. The van der Waals surface area contributed by atoms with E-state index in [4.69, 9.17) is 10.5 Å². The summed E-state index contributed by atoms with van der Waals surface area (Å²) in [4.78, 5) is 0. The minimum absolute atomic E-state index is 0.0290. The smallest absolute Gasteiger partial charge is 0.173 e. The van der Waals surface area contributed by atoms with Crippen molar-refractivity contribution in [3.63, 3.8) is 0 Å². The van der Waals surface area contributed by atoms with Gasteiger partial charge in [0, 0.05) is 5.56 Å². The molecule has 0 heterocycles. The summed E-state index contributed by atoms with van der Waals surface area (Å²) in [5.74, 6) is -1.51. The maximum atomic E-state index is 13.5. The minimum atomic E-state index is -0.870. The van der Waals surface area contributed by atoms with E-state index in [1.54, 1.807) is 0 Å². The van der Waals surface area contributed by atoms with Crippen LogP contribution in [0.25, 0.3) is 0 Å². The molecule has 2 N–H and O–H groups in total. The highest BCUT2D eigenvalue weighted by Crippen LogP contribution is 2.27. The lowest BCUT2D eigenvalue weighted by molar-refractivity contribution is 0.379. The Morgan fingerprint density at radius 1 is 1.50 bits per heavy atom. The third-order valence-corrected chi connectivity index (χ3v) is 1.90. The molecule has 0 aromatic heterocycles. The van der Waals surface area contributed by atoms with Crippen molar-refractivity contribution in [2.24, 2.45) is 5.73 Å². The first-order valence-corrected chi connectivity index (χ1v) is 4.01. The highest BCUT2D eigenvalue weighted by atomic mass is 19.1. The van der Waals surface area contributed by atoms with Gasteiger partial charge in [-0.15, -0.1) is 6.58 Å². The molecular formula is C10H11F2NO. The van der Waals surface area contributed by atoms with Crippen molar-refractivity contribution in [3.8, 4) is 5.75 Å². The predicted molar refractivity (Wildman–Crippen MR) is 50.0 cm³/mol. The molecule has 76 valence electrons. The topological polar surface area (TPSA) is 35.2 Å². The highest BCUT2D eigenvalue weighted by molar-refractivity contribution is 5.35. The largest absolute Gasteiger partial charge is 0.494 e. The fourth-order valence-corrected chi connectivity index (χ4v) is 1.13. The van der Waals surface area contributed by atoms with E-state index in [2.05, 4.69) is 6.58 Å². The van der Waals surface area contributed by atoms with Crippen LogP contribution < -0.4 is 10.5 Å². The molecule has 0 aliphatic heterocycles. The Bertz CT molecular complexity index is 352. The van der Waals surface area contributed by atoms with Crippen LogP contribution in [0.5, 0.6) is 5.75 Å². The van der Waals surface area contributed by atoms with Gasteiger partial charge in [0.2, 0.25) is 0 Å². The molecule has 0 saturated carbocycles. The maximum Gasteiger partial charge on any atom is 0.173 e. The summed E-state index contributed by atoms with van der Waals surface area (Å²) < 4.78 is 31.4. The number of hydrogen-bond acceptors (Lipinski definition) is 2. The fraction of sp³-hybridized carbons (Fsp3) is 0.200. The van der Waals surface area contributed by atoms with Gasteiger partial charge >= 0.3 is 0 Å². The van der Waals surface area contributed by atoms with Crippen LogP contribution >= 0.6 is 0 Å². The van der Waals surface area contributed by atoms with E-state index >= 15 is 0 Å². The Morgan fingerprint density at radius 2 is 2.14 bits per heavy atom. The molecule has 0 unspecified atom stereocenters. The van der Waals surface area contributed by atoms with E-state index in [0.717, 1.165) is 6.07 Å². The van der Waals surface area contributed by atoms with Gasteiger partial charge in [0.1, 0.15) is 5.82 Å². The molecule has 2 nitrogen and oxygen atoms in total. The van der Waals surface area contributed by atoms with E-state index in [1.165, 1.54) is 19.3 Å². The average molecular weight is 199 g/mol. The molecule has 0 spiro atoms. The molecule has 1 aromatic rings. The normalized spacial score (nSPS) is 12.3. The summed E-state index contributed by atoms with van der Waals surface area (Å²) in [5.41, 5.74) is 5.24. The standard InChI is InChI=1S/C10H11F2NO/c1-3-7(13)9-6(11)4-5-8(14-2)10(9)12/h3-5,7H,1,13H2,2H3/t7-/m1/s1. The second-order valence-electron chi connectivity index (χ2n) is 2.74. The second-order valence-corrected chi connectivity index (χ2v) is 2.74. The third-order valence-electron chi connectivity index (χ3n) is 1.90. The van der Waals surface area contributed by atoms with Gasteiger partial charge in [0.25, 0.3) is 0 Å². The molecule has 1 rings (SSSR count). The molecule has 0 amide bonds. The van der Waals surface area contributed by atoms with Crippen LogP contribution in [0.15, 0.2) is 24.8 Å². The van der Waals surface area contributed by atoms with Gasteiger partial charge in [-0.2, -0.15) is 0 Å².